The average Bonchev–Trinajstić information content (AvgIpc) is 3.17. The van der Waals surface area contributed by atoms with E-state index >= 15 is 0 Å². The Morgan fingerprint density at radius 3 is 1.98 bits per heavy atom. The largest absolute Gasteiger partial charge is 0.496 e. The highest BCUT2D eigenvalue weighted by molar-refractivity contribution is 7.99. The Morgan fingerprint density at radius 1 is 0.575 bits per heavy atom. The van der Waals surface area contributed by atoms with Gasteiger partial charge in [0.1, 0.15) is 11.5 Å². The summed E-state index contributed by atoms with van der Waals surface area (Å²) in [5.74, 6) is 1.78. The summed E-state index contributed by atoms with van der Waals surface area (Å²) >= 11 is 1.82. The summed E-state index contributed by atoms with van der Waals surface area (Å²) in [4.78, 5) is 2.42. The number of hydrogen-bond acceptors (Lipinski definition) is 4. The molecule has 0 aromatic heterocycles. The van der Waals surface area contributed by atoms with Crippen molar-refractivity contribution < 1.29 is 14.0 Å². The molecule has 5 heteroatoms. The summed E-state index contributed by atoms with van der Waals surface area (Å²) in [6.45, 7) is 8.45. The van der Waals surface area contributed by atoms with Crippen molar-refractivity contribution in [2.24, 2.45) is 0 Å². The van der Waals surface area contributed by atoms with Crippen LogP contribution in [0.25, 0.3) is 10.8 Å². The van der Waals surface area contributed by atoms with Gasteiger partial charge in [0.2, 0.25) is 0 Å². The van der Waals surface area contributed by atoms with Gasteiger partial charge in [-0.3, -0.25) is 0 Å². The first kappa shape index (κ1) is 24.3. The van der Waals surface area contributed by atoms with Crippen LogP contribution >= 0.6 is 11.8 Å². The second kappa shape index (κ2) is 8.26. The monoisotopic (exact) mass is 540 g/mol. The fraction of sp³-hybridized carbons (Fsp3) is 0.200. The van der Waals surface area contributed by atoms with Gasteiger partial charge in [0.15, 0.2) is 0 Å². The quantitative estimate of drug-likeness (QED) is 0.197. The van der Waals surface area contributed by atoms with Crippen molar-refractivity contribution >= 4 is 35.1 Å². The Balaban J connectivity index is 1.48. The van der Waals surface area contributed by atoms with Crippen LogP contribution < -0.4 is 10.2 Å². The van der Waals surface area contributed by atoms with Crippen LogP contribution in [-0.2, 0) is 14.7 Å². The van der Waals surface area contributed by atoms with E-state index in [-0.39, 0.29) is 0 Å². The van der Waals surface area contributed by atoms with Gasteiger partial charge in [-0.1, -0.05) is 90.6 Å². The Labute approximate surface area is 239 Å². The van der Waals surface area contributed by atoms with E-state index in [4.69, 9.17) is 14.0 Å². The molecule has 0 N–H and O–H groups in total. The van der Waals surface area contributed by atoms with Crippen LogP contribution in [0.1, 0.15) is 49.9 Å². The fourth-order valence-corrected chi connectivity index (χ4v) is 7.86. The van der Waals surface area contributed by atoms with E-state index in [0.717, 1.165) is 28.1 Å². The van der Waals surface area contributed by atoms with E-state index in [2.05, 4.69) is 131 Å². The molecule has 1 fully saturated rings. The van der Waals surface area contributed by atoms with Crippen molar-refractivity contribution in [3.8, 4) is 11.5 Å². The normalized spacial score (nSPS) is 21.4. The van der Waals surface area contributed by atoms with Crippen LogP contribution in [0, 0.1) is 0 Å². The van der Waals surface area contributed by atoms with Crippen molar-refractivity contribution in [2.45, 2.75) is 54.1 Å². The smallest absolute Gasteiger partial charge is 0.457 e. The first-order valence-electron chi connectivity index (χ1n) is 13.9. The van der Waals surface area contributed by atoms with Crippen LogP contribution in [0.5, 0.6) is 11.5 Å². The van der Waals surface area contributed by atoms with Gasteiger partial charge < -0.3 is 14.0 Å². The molecule has 5 aromatic carbocycles. The average molecular weight is 540 g/mol. The summed E-state index contributed by atoms with van der Waals surface area (Å²) in [6.07, 6.45) is 0. The molecular formula is C35H29BO3S. The van der Waals surface area contributed by atoms with Crippen LogP contribution in [0.4, 0.5) is 0 Å². The van der Waals surface area contributed by atoms with E-state index in [0.29, 0.717) is 0 Å². The molecule has 40 heavy (non-hydrogen) atoms. The highest BCUT2D eigenvalue weighted by Gasteiger charge is 2.55. The van der Waals surface area contributed by atoms with Crippen LogP contribution in [-0.4, -0.2) is 18.3 Å². The minimum Gasteiger partial charge on any atom is -0.457 e. The molecule has 0 aliphatic carbocycles. The topological polar surface area (TPSA) is 27.7 Å². The molecule has 1 atom stereocenters. The van der Waals surface area contributed by atoms with Crippen molar-refractivity contribution in [3.05, 3.63) is 125 Å². The minimum absolute atomic E-state index is 0.424. The highest BCUT2D eigenvalue weighted by Crippen LogP contribution is 2.61. The number of benzene rings is 5. The van der Waals surface area contributed by atoms with E-state index in [9.17, 15) is 0 Å². The zero-order valence-electron chi connectivity index (χ0n) is 23.0. The molecule has 1 saturated heterocycles. The number of para-hydroxylation sites is 1. The van der Waals surface area contributed by atoms with Crippen molar-refractivity contribution in [3.63, 3.8) is 0 Å². The number of rotatable bonds is 1. The standard InChI is InChI=1S/C35H29BO3S/c1-33(2)34(3,4)39-36(38-33)28-17-11-16-26-32(28)40-31-19-10-8-15-25(31)35(26)24-14-7-9-18-29(24)37-30-21-23-13-6-5-12-22(23)20-27(30)35/h5-21H,1-4H3. The predicted octanol–water partition coefficient (Wildman–Crippen LogP) is 8.09. The van der Waals surface area contributed by atoms with E-state index in [1.54, 1.807) is 0 Å². The molecule has 3 aliphatic rings. The lowest BCUT2D eigenvalue weighted by molar-refractivity contribution is 0.00578. The van der Waals surface area contributed by atoms with Crippen LogP contribution in [0.3, 0.4) is 0 Å². The first-order chi connectivity index (χ1) is 19.3. The maximum Gasteiger partial charge on any atom is 0.496 e. The molecule has 1 spiro atoms. The fourth-order valence-electron chi connectivity index (χ4n) is 6.55. The number of fused-ring (bicyclic) bond motifs is 9. The number of hydrogen-bond donors (Lipinski definition) is 0. The van der Waals surface area contributed by atoms with Gasteiger partial charge in [-0.05, 0) is 79.3 Å². The third kappa shape index (κ3) is 3.17. The Hall–Kier alpha value is -3.51. The Kier molecular flexibility index (Phi) is 5.02. The van der Waals surface area contributed by atoms with Gasteiger partial charge in [-0.2, -0.15) is 0 Å². The van der Waals surface area contributed by atoms with Gasteiger partial charge in [0, 0.05) is 20.9 Å². The Morgan fingerprint density at radius 2 is 1.20 bits per heavy atom. The van der Waals surface area contributed by atoms with Crippen LogP contribution in [0.2, 0.25) is 0 Å². The molecule has 3 nitrogen and oxygen atoms in total. The SMILES string of the molecule is CC1(C)OB(c2cccc3c2Sc2ccccc2C32c3ccccc3Oc3cc4ccccc4cc32)OC1(C)C. The molecule has 3 aliphatic heterocycles. The molecule has 0 radical (unpaired) electrons. The predicted molar refractivity (Wildman–Crippen MR) is 162 cm³/mol. The van der Waals surface area contributed by atoms with Crippen molar-refractivity contribution in [2.75, 3.05) is 0 Å². The van der Waals surface area contributed by atoms with Gasteiger partial charge in [0.25, 0.3) is 0 Å². The summed E-state index contributed by atoms with van der Waals surface area (Å²) in [7, 11) is -0.457. The molecule has 0 bridgehead atoms. The van der Waals surface area contributed by atoms with Gasteiger partial charge in [0.05, 0.1) is 16.6 Å². The second-order valence-corrected chi connectivity index (χ2v) is 13.0. The molecule has 5 aromatic rings. The minimum atomic E-state index is -0.564. The second-order valence-electron chi connectivity index (χ2n) is 12.0. The van der Waals surface area contributed by atoms with E-state index in [1.807, 2.05) is 11.8 Å². The maximum atomic E-state index is 6.67. The van der Waals surface area contributed by atoms with Crippen molar-refractivity contribution in [1.29, 1.82) is 0 Å². The lowest BCUT2D eigenvalue weighted by atomic mass is 9.62. The molecular weight excluding hydrogens is 511 g/mol. The van der Waals surface area contributed by atoms with E-state index < -0.39 is 23.7 Å². The first-order valence-corrected chi connectivity index (χ1v) is 14.7. The Bertz CT molecular complexity index is 1820. The zero-order chi connectivity index (χ0) is 27.3. The third-order valence-corrected chi connectivity index (χ3v) is 10.5. The zero-order valence-corrected chi connectivity index (χ0v) is 23.8. The summed E-state index contributed by atoms with van der Waals surface area (Å²) < 4.78 is 19.9. The van der Waals surface area contributed by atoms with Crippen molar-refractivity contribution in [1.82, 2.24) is 0 Å². The summed E-state index contributed by atoms with van der Waals surface area (Å²) in [5.41, 5.74) is 4.47. The molecule has 196 valence electrons. The summed E-state index contributed by atoms with van der Waals surface area (Å²) in [5, 5.41) is 2.36. The molecule has 0 amide bonds. The summed E-state index contributed by atoms with van der Waals surface area (Å²) in [6, 6.07) is 37.0. The van der Waals surface area contributed by atoms with Gasteiger partial charge >= 0.3 is 7.12 Å². The molecule has 3 heterocycles. The molecule has 0 saturated carbocycles. The maximum absolute atomic E-state index is 6.67. The lowest BCUT2D eigenvalue weighted by Crippen LogP contribution is -2.42. The highest BCUT2D eigenvalue weighted by atomic mass is 32.2. The van der Waals surface area contributed by atoms with E-state index in [1.165, 1.54) is 31.7 Å². The van der Waals surface area contributed by atoms with Gasteiger partial charge in [-0.25, -0.2) is 0 Å². The molecule has 1 unspecified atom stereocenters. The lowest BCUT2D eigenvalue weighted by Gasteiger charge is -2.45. The number of ether oxygens (including phenoxy) is 1. The van der Waals surface area contributed by atoms with Crippen LogP contribution in [0.15, 0.2) is 113 Å². The third-order valence-electron chi connectivity index (χ3n) is 9.22. The molecule has 8 rings (SSSR count). The van der Waals surface area contributed by atoms with Gasteiger partial charge in [-0.15, -0.1) is 0 Å².